The average molecular weight is 532 g/mol. The molecule has 38 heavy (non-hydrogen) atoms. The summed E-state index contributed by atoms with van der Waals surface area (Å²) in [6.45, 7) is 4.04. The van der Waals surface area contributed by atoms with Gasteiger partial charge in [-0.05, 0) is 59.5 Å². The number of esters is 1. The molecule has 3 aromatic carbocycles. The van der Waals surface area contributed by atoms with Crippen LogP contribution in [0, 0.1) is 0 Å². The fourth-order valence-electron chi connectivity index (χ4n) is 3.91. The molecule has 1 heterocycles. The molecule has 7 nitrogen and oxygen atoms in total. The van der Waals surface area contributed by atoms with Crippen molar-refractivity contribution < 1.29 is 28.9 Å². The number of rotatable bonds is 9. The standard InChI is InChI=1S/C30H29NO6S/c1-4-8-26(32)31-29-27(30(34)36-5-2)28(33)25(38-29)17-19-12-14-23(24(16-19)35-3)37-18-20-11-13-21-9-6-7-10-22(21)15-20/h6-7,9-17,33H,4-5,8,18H2,1-3H3/b25-17-,31-29?. The minimum absolute atomic E-state index is 0.102. The van der Waals surface area contributed by atoms with Gasteiger partial charge in [-0.2, -0.15) is 0 Å². The molecule has 4 rings (SSSR count). The third-order valence-electron chi connectivity index (χ3n) is 5.75. The van der Waals surface area contributed by atoms with Crippen molar-refractivity contribution in [3.8, 4) is 11.5 Å². The lowest BCUT2D eigenvalue weighted by atomic mass is 10.1. The smallest absolute Gasteiger partial charge is 0.344 e. The molecule has 1 aliphatic rings. The number of hydrogen-bond acceptors (Lipinski definition) is 7. The average Bonchev–Trinajstić information content (AvgIpc) is 3.21. The van der Waals surface area contributed by atoms with Crippen LogP contribution in [0.5, 0.6) is 11.5 Å². The zero-order chi connectivity index (χ0) is 27.1. The number of nitrogens with zero attached hydrogens (tertiary/aromatic N) is 1. The van der Waals surface area contributed by atoms with Gasteiger partial charge in [0.1, 0.15) is 23.0 Å². The van der Waals surface area contributed by atoms with E-state index in [2.05, 4.69) is 29.3 Å². The Bertz CT molecular complexity index is 1460. The number of thioether (sulfide) groups is 1. The highest BCUT2D eigenvalue weighted by molar-refractivity contribution is 8.18. The van der Waals surface area contributed by atoms with E-state index in [1.54, 1.807) is 32.2 Å². The summed E-state index contributed by atoms with van der Waals surface area (Å²) in [6.07, 6.45) is 2.57. The van der Waals surface area contributed by atoms with Crippen LogP contribution in [0.4, 0.5) is 0 Å². The van der Waals surface area contributed by atoms with Gasteiger partial charge in [-0.3, -0.25) is 4.79 Å². The lowest BCUT2D eigenvalue weighted by Gasteiger charge is -2.12. The van der Waals surface area contributed by atoms with Crippen LogP contribution in [0.15, 0.2) is 81.9 Å². The molecule has 0 radical (unpaired) electrons. The molecule has 0 spiro atoms. The van der Waals surface area contributed by atoms with Crippen LogP contribution in [0.1, 0.15) is 37.8 Å². The Morgan fingerprint density at radius 3 is 2.53 bits per heavy atom. The van der Waals surface area contributed by atoms with Crippen molar-refractivity contribution in [1.82, 2.24) is 0 Å². The maximum absolute atomic E-state index is 12.5. The van der Waals surface area contributed by atoms with Crippen molar-refractivity contribution in [2.45, 2.75) is 33.3 Å². The molecule has 0 atom stereocenters. The minimum atomic E-state index is -0.723. The van der Waals surface area contributed by atoms with Crippen molar-refractivity contribution in [3.63, 3.8) is 0 Å². The molecule has 0 bridgehead atoms. The summed E-state index contributed by atoms with van der Waals surface area (Å²) < 4.78 is 16.7. The van der Waals surface area contributed by atoms with Gasteiger partial charge in [0.05, 0.1) is 18.6 Å². The summed E-state index contributed by atoms with van der Waals surface area (Å²) in [5.41, 5.74) is 1.64. The topological polar surface area (TPSA) is 94.4 Å². The number of aliphatic hydroxyl groups is 1. The number of benzene rings is 3. The Labute approximate surface area is 225 Å². The van der Waals surface area contributed by atoms with Crippen molar-refractivity contribution in [3.05, 3.63) is 88.0 Å². The molecule has 0 fully saturated rings. The Balaban J connectivity index is 1.57. The first kappa shape index (κ1) is 27.0. The number of carbonyl (C=O) groups is 2. The Morgan fingerprint density at radius 2 is 1.79 bits per heavy atom. The molecule has 8 heteroatoms. The van der Waals surface area contributed by atoms with Crippen LogP contribution in [0.25, 0.3) is 16.8 Å². The van der Waals surface area contributed by atoms with E-state index < -0.39 is 5.97 Å². The fraction of sp³-hybridized carbons (Fsp3) is 0.233. The van der Waals surface area contributed by atoms with Gasteiger partial charge in [-0.1, -0.05) is 61.2 Å². The van der Waals surface area contributed by atoms with Gasteiger partial charge in [-0.25, -0.2) is 9.79 Å². The summed E-state index contributed by atoms with van der Waals surface area (Å²) in [7, 11) is 1.56. The van der Waals surface area contributed by atoms with Crippen molar-refractivity contribution in [1.29, 1.82) is 0 Å². The number of aliphatic hydroxyl groups excluding tert-OH is 1. The third-order valence-corrected chi connectivity index (χ3v) is 6.77. The first-order chi connectivity index (χ1) is 18.4. The van der Waals surface area contributed by atoms with Crippen LogP contribution in [-0.4, -0.2) is 35.7 Å². The number of carbonyl (C=O) groups excluding carboxylic acids is 2. The number of hydrogen-bond donors (Lipinski definition) is 1. The molecule has 1 amide bonds. The molecule has 1 N–H and O–H groups in total. The van der Waals surface area contributed by atoms with E-state index in [0.29, 0.717) is 35.0 Å². The van der Waals surface area contributed by atoms with E-state index >= 15 is 0 Å². The number of methoxy groups -OCH3 is 1. The Morgan fingerprint density at radius 1 is 1.00 bits per heavy atom. The normalized spacial score (nSPS) is 15.3. The molecule has 1 aliphatic heterocycles. The van der Waals surface area contributed by atoms with E-state index in [1.807, 2.05) is 31.2 Å². The maximum Gasteiger partial charge on any atom is 0.344 e. The van der Waals surface area contributed by atoms with Gasteiger partial charge >= 0.3 is 5.97 Å². The number of amides is 1. The van der Waals surface area contributed by atoms with Crippen LogP contribution >= 0.6 is 11.8 Å². The third kappa shape index (κ3) is 6.26. The van der Waals surface area contributed by atoms with Crippen molar-refractivity contribution in [2.24, 2.45) is 4.99 Å². The number of fused-ring (bicyclic) bond motifs is 1. The molecule has 0 aromatic heterocycles. The second-order valence-corrected chi connectivity index (χ2v) is 9.53. The fourth-order valence-corrected chi connectivity index (χ4v) is 4.94. The van der Waals surface area contributed by atoms with Gasteiger partial charge in [0.2, 0.25) is 5.91 Å². The summed E-state index contributed by atoms with van der Waals surface area (Å²) in [4.78, 5) is 29.1. The minimum Gasteiger partial charge on any atom is -0.506 e. The van der Waals surface area contributed by atoms with Crippen LogP contribution < -0.4 is 9.47 Å². The Hall–Kier alpha value is -4.04. The highest BCUT2D eigenvalue weighted by Crippen LogP contribution is 2.40. The number of aliphatic imine (C=N–C) groups is 1. The van der Waals surface area contributed by atoms with Gasteiger partial charge in [-0.15, -0.1) is 0 Å². The van der Waals surface area contributed by atoms with Crippen LogP contribution in [-0.2, 0) is 20.9 Å². The lowest BCUT2D eigenvalue weighted by Crippen LogP contribution is -2.14. The molecule has 3 aromatic rings. The molecule has 0 saturated heterocycles. The van der Waals surface area contributed by atoms with Crippen molar-refractivity contribution >= 4 is 45.5 Å². The van der Waals surface area contributed by atoms with Gasteiger partial charge in [0.15, 0.2) is 11.5 Å². The molecule has 0 aliphatic carbocycles. The predicted octanol–water partition coefficient (Wildman–Crippen LogP) is 6.62. The zero-order valence-electron chi connectivity index (χ0n) is 21.5. The van der Waals surface area contributed by atoms with Gasteiger partial charge in [0.25, 0.3) is 0 Å². The molecule has 196 valence electrons. The first-order valence-corrected chi connectivity index (χ1v) is 13.2. The van der Waals surface area contributed by atoms with Crippen molar-refractivity contribution in [2.75, 3.05) is 13.7 Å². The Kier molecular flexibility index (Phi) is 8.86. The molecule has 0 unspecified atom stereocenters. The highest BCUT2D eigenvalue weighted by atomic mass is 32.2. The predicted molar refractivity (Wildman–Crippen MR) is 150 cm³/mol. The van der Waals surface area contributed by atoms with E-state index in [4.69, 9.17) is 14.2 Å². The quantitative estimate of drug-likeness (QED) is 0.310. The van der Waals surface area contributed by atoms with E-state index in [0.717, 1.165) is 22.7 Å². The second kappa shape index (κ2) is 12.5. The number of ether oxygens (including phenoxy) is 3. The van der Waals surface area contributed by atoms with E-state index in [1.165, 1.54) is 5.39 Å². The first-order valence-electron chi connectivity index (χ1n) is 12.3. The SMILES string of the molecule is CCCC(=O)N=C1S/C(=C\c2ccc(OCc3ccc4ccccc4c3)c(OC)c2)C(O)=C1C(=O)OCC. The maximum atomic E-state index is 12.5. The molecule has 0 saturated carbocycles. The largest absolute Gasteiger partial charge is 0.506 e. The summed E-state index contributed by atoms with van der Waals surface area (Å²) in [6, 6.07) is 19.7. The van der Waals surface area contributed by atoms with Gasteiger partial charge < -0.3 is 19.3 Å². The highest BCUT2D eigenvalue weighted by Gasteiger charge is 2.33. The van der Waals surface area contributed by atoms with Gasteiger partial charge in [0, 0.05) is 6.42 Å². The van der Waals surface area contributed by atoms with Crippen LogP contribution in [0.3, 0.4) is 0 Å². The molecular formula is C30H29NO6S. The van der Waals surface area contributed by atoms with E-state index in [-0.39, 0.29) is 35.3 Å². The molecular weight excluding hydrogens is 502 g/mol. The van der Waals surface area contributed by atoms with E-state index in [9.17, 15) is 14.7 Å². The van der Waals surface area contributed by atoms with Crippen LogP contribution in [0.2, 0.25) is 0 Å². The monoisotopic (exact) mass is 531 g/mol. The summed E-state index contributed by atoms with van der Waals surface area (Å²) in [5, 5.41) is 13.3. The zero-order valence-corrected chi connectivity index (χ0v) is 22.3. The summed E-state index contributed by atoms with van der Waals surface area (Å²) in [5.74, 6) is -0.267. The second-order valence-electron chi connectivity index (χ2n) is 8.50. The lowest BCUT2D eigenvalue weighted by molar-refractivity contribution is -0.138. The summed E-state index contributed by atoms with van der Waals surface area (Å²) >= 11 is 1.05.